The molecule has 13 heteroatoms. The Hall–Kier alpha value is -5.17. The summed E-state index contributed by atoms with van der Waals surface area (Å²) < 4.78 is 23.0. The minimum absolute atomic E-state index is 0.0139. The molecule has 6 rings (SSSR count). The maximum absolute atomic E-state index is 11.9. The molecule has 0 radical (unpaired) electrons. The number of ether oxygens (including phenoxy) is 4. The summed E-state index contributed by atoms with van der Waals surface area (Å²) >= 11 is 1.33. The molecule has 1 N–H and O–H groups in total. The number of hydrogen-bond donors (Lipinski definition) is 1. The Labute approximate surface area is 224 Å². The smallest absolute Gasteiger partial charge is 0.282 e. The number of nitrogens with zero attached hydrogens (tertiary/aromatic N) is 4. The molecule has 0 saturated carbocycles. The van der Waals surface area contributed by atoms with Crippen LogP contribution in [0.3, 0.4) is 0 Å². The van der Waals surface area contributed by atoms with Gasteiger partial charge in [0.25, 0.3) is 11.6 Å². The van der Waals surface area contributed by atoms with Crippen molar-refractivity contribution in [3.63, 3.8) is 0 Å². The zero-order valence-electron chi connectivity index (χ0n) is 20.3. The van der Waals surface area contributed by atoms with Crippen LogP contribution in [-0.4, -0.2) is 42.2 Å². The lowest BCUT2D eigenvalue weighted by Gasteiger charge is -2.18. The summed E-state index contributed by atoms with van der Waals surface area (Å²) in [5, 5.41) is 21.0. The van der Waals surface area contributed by atoms with Crippen molar-refractivity contribution in [1.82, 2.24) is 4.68 Å². The number of nitro groups is 1. The average Bonchev–Trinajstić information content (AvgIpc) is 3.57. The van der Waals surface area contributed by atoms with E-state index < -0.39 is 4.92 Å². The Kier molecular flexibility index (Phi) is 6.17. The molecule has 0 aliphatic carbocycles. The second-order valence-electron chi connectivity index (χ2n) is 8.34. The van der Waals surface area contributed by atoms with Gasteiger partial charge in [-0.3, -0.25) is 14.9 Å². The Morgan fingerprint density at radius 2 is 1.87 bits per heavy atom. The van der Waals surface area contributed by atoms with Crippen molar-refractivity contribution >= 4 is 40.5 Å². The van der Waals surface area contributed by atoms with Crippen molar-refractivity contribution in [2.24, 2.45) is 10.1 Å². The molecule has 1 aromatic heterocycles. The van der Waals surface area contributed by atoms with Gasteiger partial charge >= 0.3 is 0 Å². The zero-order chi connectivity index (χ0) is 26.9. The van der Waals surface area contributed by atoms with Crippen LogP contribution in [0.25, 0.3) is 11.3 Å². The first-order valence-electron chi connectivity index (χ1n) is 11.6. The number of methoxy groups -OCH3 is 1. The molecule has 3 aromatic carbocycles. The predicted octanol–water partition coefficient (Wildman–Crippen LogP) is 4.31. The molecular weight excluding hydrogens is 526 g/mol. The highest BCUT2D eigenvalue weighted by molar-refractivity contribution is 7.07. The minimum Gasteiger partial charge on any atom is -0.497 e. The molecular formula is C26H19N5O7S. The Bertz CT molecular complexity index is 1710. The summed E-state index contributed by atoms with van der Waals surface area (Å²) in [4.78, 5) is 28.4. The van der Waals surface area contributed by atoms with Crippen LogP contribution < -0.4 is 29.1 Å². The van der Waals surface area contributed by atoms with Crippen molar-refractivity contribution in [1.29, 1.82) is 0 Å². The van der Waals surface area contributed by atoms with Crippen LogP contribution in [-0.2, 0) is 4.79 Å². The van der Waals surface area contributed by atoms with Crippen LogP contribution in [0.4, 0.5) is 17.1 Å². The Morgan fingerprint density at radius 3 is 2.64 bits per heavy atom. The summed E-state index contributed by atoms with van der Waals surface area (Å²) in [6.07, 6.45) is 1.38. The second-order valence-corrected chi connectivity index (χ2v) is 9.18. The van der Waals surface area contributed by atoms with Crippen LogP contribution in [0.2, 0.25) is 0 Å². The van der Waals surface area contributed by atoms with Gasteiger partial charge in [-0.1, -0.05) is 0 Å². The standard InChI is InChI=1S/C26H19N5O7S/c1-35-18-5-3-17(4-6-18)28-26-30(27-11-16-9-23-24(38-14-37-23)10-20(16)31(33)34)21(13-39-26)15-2-7-22-19(8-15)29-25(32)12-36-22/h2-11,13H,12,14H2,1H3,(H,29,32). The van der Waals surface area contributed by atoms with E-state index in [2.05, 4.69) is 10.4 Å². The maximum Gasteiger partial charge on any atom is 0.282 e. The summed E-state index contributed by atoms with van der Waals surface area (Å²) in [5.41, 5.74) is 2.62. The molecule has 0 fully saturated rings. The number of fused-ring (bicyclic) bond motifs is 2. The van der Waals surface area contributed by atoms with E-state index in [1.165, 1.54) is 29.7 Å². The fraction of sp³-hybridized carbons (Fsp3) is 0.115. The summed E-state index contributed by atoms with van der Waals surface area (Å²) in [6, 6.07) is 15.4. The van der Waals surface area contributed by atoms with Gasteiger partial charge < -0.3 is 24.3 Å². The number of hydrogen-bond acceptors (Lipinski definition) is 10. The van der Waals surface area contributed by atoms with Crippen molar-refractivity contribution in [2.45, 2.75) is 0 Å². The highest BCUT2D eigenvalue weighted by Gasteiger charge is 2.23. The van der Waals surface area contributed by atoms with Gasteiger partial charge in [0.1, 0.15) is 11.5 Å². The molecule has 3 heterocycles. The van der Waals surface area contributed by atoms with E-state index >= 15 is 0 Å². The molecule has 0 atom stereocenters. The monoisotopic (exact) mass is 545 g/mol. The molecule has 1 amide bonds. The van der Waals surface area contributed by atoms with E-state index in [1.807, 2.05) is 11.4 Å². The topological polar surface area (TPSA) is 139 Å². The van der Waals surface area contributed by atoms with Crippen molar-refractivity contribution < 1.29 is 28.7 Å². The SMILES string of the molecule is COc1ccc(N=c2scc(-c3ccc4c(c3)NC(=O)CO4)n2N=Cc2cc3c(cc2[N+](=O)[O-])OCO3)cc1. The van der Waals surface area contributed by atoms with E-state index in [1.54, 1.807) is 48.2 Å². The predicted molar refractivity (Wildman–Crippen MR) is 142 cm³/mol. The lowest BCUT2D eigenvalue weighted by Crippen LogP contribution is -2.25. The van der Waals surface area contributed by atoms with Gasteiger partial charge in [0.15, 0.2) is 18.1 Å². The molecule has 196 valence electrons. The molecule has 0 unspecified atom stereocenters. The van der Waals surface area contributed by atoms with Crippen LogP contribution in [0.1, 0.15) is 5.56 Å². The molecule has 39 heavy (non-hydrogen) atoms. The number of thiazole rings is 1. The fourth-order valence-electron chi connectivity index (χ4n) is 4.03. The van der Waals surface area contributed by atoms with Gasteiger partial charge in [-0.05, 0) is 48.5 Å². The average molecular weight is 546 g/mol. The summed E-state index contributed by atoms with van der Waals surface area (Å²) in [5.74, 6) is 1.70. The van der Waals surface area contributed by atoms with Crippen LogP contribution in [0.5, 0.6) is 23.0 Å². The Balaban J connectivity index is 1.48. The van der Waals surface area contributed by atoms with Gasteiger partial charge in [-0.15, -0.1) is 11.3 Å². The number of carbonyl (C=O) groups excluding carboxylic acids is 1. The van der Waals surface area contributed by atoms with E-state index in [0.29, 0.717) is 44.9 Å². The van der Waals surface area contributed by atoms with Crippen molar-refractivity contribution in [2.75, 3.05) is 25.8 Å². The molecule has 4 aromatic rings. The maximum atomic E-state index is 11.9. The molecule has 0 saturated heterocycles. The second kappa shape index (κ2) is 9.95. The number of nitro benzene ring substituents is 1. The summed E-state index contributed by atoms with van der Waals surface area (Å²) in [7, 11) is 1.59. The van der Waals surface area contributed by atoms with Gasteiger partial charge in [0.2, 0.25) is 11.6 Å². The number of aromatic nitrogens is 1. The minimum atomic E-state index is -0.503. The van der Waals surface area contributed by atoms with Crippen LogP contribution >= 0.6 is 11.3 Å². The highest BCUT2D eigenvalue weighted by Crippen LogP contribution is 2.37. The molecule has 2 aliphatic heterocycles. The third kappa shape index (κ3) is 4.78. The lowest BCUT2D eigenvalue weighted by molar-refractivity contribution is -0.385. The van der Waals surface area contributed by atoms with E-state index in [9.17, 15) is 14.9 Å². The number of carbonyl (C=O) groups is 1. The number of nitrogens with one attached hydrogen (secondary N) is 1. The highest BCUT2D eigenvalue weighted by atomic mass is 32.1. The van der Waals surface area contributed by atoms with E-state index in [-0.39, 0.29) is 30.6 Å². The van der Waals surface area contributed by atoms with E-state index in [4.69, 9.17) is 23.9 Å². The van der Waals surface area contributed by atoms with Crippen LogP contribution in [0.15, 0.2) is 70.1 Å². The third-order valence-electron chi connectivity index (χ3n) is 5.92. The van der Waals surface area contributed by atoms with Gasteiger partial charge in [0, 0.05) is 10.9 Å². The van der Waals surface area contributed by atoms with Gasteiger partial charge in [-0.25, -0.2) is 9.67 Å². The number of rotatable bonds is 6. The first kappa shape index (κ1) is 24.2. The quantitative estimate of drug-likeness (QED) is 0.216. The first-order chi connectivity index (χ1) is 19.0. The lowest BCUT2D eigenvalue weighted by atomic mass is 10.1. The van der Waals surface area contributed by atoms with E-state index in [0.717, 1.165) is 5.56 Å². The first-order valence-corrected chi connectivity index (χ1v) is 12.5. The number of amides is 1. The van der Waals surface area contributed by atoms with Gasteiger partial charge in [-0.2, -0.15) is 5.10 Å². The Morgan fingerprint density at radius 1 is 1.08 bits per heavy atom. The number of benzene rings is 3. The zero-order valence-corrected chi connectivity index (χ0v) is 21.1. The normalized spacial score (nSPS) is 14.2. The fourth-order valence-corrected chi connectivity index (χ4v) is 4.88. The number of anilines is 1. The molecule has 12 nitrogen and oxygen atoms in total. The van der Waals surface area contributed by atoms with Crippen LogP contribution in [0, 0.1) is 10.1 Å². The van der Waals surface area contributed by atoms with Crippen molar-refractivity contribution in [3.8, 4) is 34.3 Å². The van der Waals surface area contributed by atoms with Gasteiger partial charge in [0.05, 0.1) is 46.9 Å². The summed E-state index contributed by atoms with van der Waals surface area (Å²) in [6.45, 7) is -0.0612. The largest absolute Gasteiger partial charge is 0.497 e. The molecule has 0 bridgehead atoms. The molecule has 2 aliphatic rings. The third-order valence-corrected chi connectivity index (χ3v) is 6.74. The van der Waals surface area contributed by atoms with Crippen molar-refractivity contribution in [3.05, 3.63) is 80.5 Å². The molecule has 0 spiro atoms.